The molecule has 1 unspecified atom stereocenters. The zero-order valence-electron chi connectivity index (χ0n) is 8.20. The van der Waals surface area contributed by atoms with E-state index in [4.69, 9.17) is 9.47 Å². The van der Waals surface area contributed by atoms with Crippen LogP contribution in [0.25, 0.3) is 5.57 Å². The van der Waals surface area contributed by atoms with Crippen LogP contribution in [0.1, 0.15) is 12.5 Å². The van der Waals surface area contributed by atoms with Crippen LogP contribution in [0.2, 0.25) is 0 Å². The maximum absolute atomic E-state index is 9.83. The Morgan fingerprint density at radius 2 is 2.21 bits per heavy atom. The molecule has 14 heavy (non-hydrogen) atoms. The molecule has 1 N–H and O–H groups in total. The smallest absolute Gasteiger partial charge is 0.232 e. The van der Waals surface area contributed by atoms with Crippen molar-refractivity contribution in [2.45, 2.75) is 12.7 Å². The Morgan fingerprint density at radius 1 is 1.50 bits per heavy atom. The summed E-state index contributed by atoms with van der Waals surface area (Å²) in [5, 5.41) is 9.83. The van der Waals surface area contributed by atoms with Gasteiger partial charge < -0.3 is 14.6 Å². The molecular formula is C11H12O3. The van der Waals surface area contributed by atoms with Gasteiger partial charge in [0.05, 0.1) is 7.11 Å². The first-order valence-electron chi connectivity index (χ1n) is 4.34. The monoisotopic (exact) mass is 192 g/mol. The molecule has 1 aromatic rings. The lowest BCUT2D eigenvalue weighted by molar-refractivity contribution is -0.0587. The van der Waals surface area contributed by atoms with Gasteiger partial charge in [0, 0.05) is 18.1 Å². The lowest BCUT2D eigenvalue weighted by Crippen LogP contribution is -2.27. The molecule has 0 spiro atoms. The molecule has 1 aliphatic heterocycles. The minimum absolute atomic E-state index is 0.560. The summed E-state index contributed by atoms with van der Waals surface area (Å²) < 4.78 is 10.5. The second kappa shape index (κ2) is 2.75. The SMILES string of the molecule is C=C1c2cccc(OC)c2OC1(C)O. The zero-order chi connectivity index (χ0) is 10.3. The van der Waals surface area contributed by atoms with E-state index in [2.05, 4.69) is 6.58 Å². The van der Waals surface area contributed by atoms with Gasteiger partial charge in [-0.25, -0.2) is 0 Å². The number of fused-ring (bicyclic) bond motifs is 1. The molecule has 0 radical (unpaired) electrons. The summed E-state index contributed by atoms with van der Waals surface area (Å²) in [6.07, 6.45) is 0. The molecule has 0 aliphatic carbocycles. The van der Waals surface area contributed by atoms with E-state index in [0.29, 0.717) is 17.1 Å². The summed E-state index contributed by atoms with van der Waals surface area (Å²) in [6, 6.07) is 5.47. The second-order valence-electron chi connectivity index (χ2n) is 3.40. The summed E-state index contributed by atoms with van der Waals surface area (Å²) in [7, 11) is 1.56. The number of methoxy groups -OCH3 is 1. The third kappa shape index (κ3) is 1.09. The van der Waals surface area contributed by atoms with Gasteiger partial charge in [0.1, 0.15) is 0 Å². The van der Waals surface area contributed by atoms with Crippen molar-refractivity contribution < 1.29 is 14.6 Å². The number of rotatable bonds is 1. The fraction of sp³-hybridized carbons (Fsp3) is 0.273. The first-order valence-corrected chi connectivity index (χ1v) is 4.34. The van der Waals surface area contributed by atoms with Crippen molar-refractivity contribution in [3.63, 3.8) is 0 Å². The molecular weight excluding hydrogens is 180 g/mol. The van der Waals surface area contributed by atoms with E-state index >= 15 is 0 Å². The van der Waals surface area contributed by atoms with Gasteiger partial charge in [-0.1, -0.05) is 18.7 Å². The molecule has 0 saturated carbocycles. The van der Waals surface area contributed by atoms with Crippen LogP contribution >= 0.6 is 0 Å². The van der Waals surface area contributed by atoms with Crippen LogP contribution in [0.5, 0.6) is 11.5 Å². The lowest BCUT2D eigenvalue weighted by Gasteiger charge is -2.17. The topological polar surface area (TPSA) is 38.7 Å². The zero-order valence-corrected chi connectivity index (χ0v) is 8.20. The number of hydrogen-bond donors (Lipinski definition) is 1. The van der Waals surface area contributed by atoms with Crippen LogP contribution in [0.15, 0.2) is 24.8 Å². The minimum Gasteiger partial charge on any atom is -0.493 e. The first-order chi connectivity index (χ1) is 6.56. The Hall–Kier alpha value is -1.48. The predicted octanol–water partition coefficient (Wildman–Crippen LogP) is 1.81. The third-order valence-electron chi connectivity index (χ3n) is 2.38. The van der Waals surface area contributed by atoms with E-state index in [1.54, 1.807) is 20.1 Å². The average molecular weight is 192 g/mol. The van der Waals surface area contributed by atoms with Gasteiger partial charge >= 0.3 is 0 Å². The van der Waals surface area contributed by atoms with Crippen molar-refractivity contribution in [2.75, 3.05) is 7.11 Å². The molecule has 1 aromatic carbocycles. The van der Waals surface area contributed by atoms with Crippen molar-refractivity contribution in [3.8, 4) is 11.5 Å². The molecule has 1 heterocycles. The van der Waals surface area contributed by atoms with Crippen molar-refractivity contribution >= 4 is 5.57 Å². The van der Waals surface area contributed by atoms with Gasteiger partial charge in [0.25, 0.3) is 0 Å². The fourth-order valence-corrected chi connectivity index (χ4v) is 1.53. The predicted molar refractivity (Wildman–Crippen MR) is 53.3 cm³/mol. The molecule has 0 bridgehead atoms. The standard InChI is InChI=1S/C11H12O3/c1-7-8-5-4-6-9(13-3)10(8)14-11(7,2)12/h4-6,12H,1H2,2-3H3. The molecule has 0 amide bonds. The highest BCUT2D eigenvalue weighted by Crippen LogP contribution is 2.46. The maximum Gasteiger partial charge on any atom is 0.232 e. The molecule has 3 nitrogen and oxygen atoms in total. The molecule has 3 heteroatoms. The quantitative estimate of drug-likeness (QED) is 0.737. The fourth-order valence-electron chi connectivity index (χ4n) is 1.53. The van der Waals surface area contributed by atoms with Gasteiger partial charge in [-0.2, -0.15) is 0 Å². The van der Waals surface area contributed by atoms with Gasteiger partial charge in [0.2, 0.25) is 5.79 Å². The van der Waals surface area contributed by atoms with E-state index in [1.807, 2.05) is 12.1 Å². The Morgan fingerprint density at radius 3 is 2.86 bits per heavy atom. The summed E-state index contributed by atoms with van der Waals surface area (Å²) in [6.45, 7) is 5.36. The van der Waals surface area contributed by atoms with Crippen molar-refractivity contribution in [1.82, 2.24) is 0 Å². The van der Waals surface area contributed by atoms with Crippen LogP contribution in [-0.4, -0.2) is 18.0 Å². The van der Waals surface area contributed by atoms with Gasteiger partial charge in [-0.15, -0.1) is 0 Å². The number of hydrogen-bond acceptors (Lipinski definition) is 3. The largest absolute Gasteiger partial charge is 0.493 e. The summed E-state index contributed by atoms with van der Waals surface area (Å²) in [5.74, 6) is -0.150. The molecule has 0 aromatic heterocycles. The van der Waals surface area contributed by atoms with Crippen molar-refractivity contribution in [1.29, 1.82) is 0 Å². The van der Waals surface area contributed by atoms with Crippen molar-refractivity contribution in [2.24, 2.45) is 0 Å². The molecule has 2 rings (SSSR count). The van der Waals surface area contributed by atoms with E-state index < -0.39 is 5.79 Å². The van der Waals surface area contributed by atoms with E-state index in [1.165, 1.54) is 0 Å². The van der Waals surface area contributed by atoms with Crippen LogP contribution < -0.4 is 9.47 Å². The third-order valence-corrected chi connectivity index (χ3v) is 2.38. The van der Waals surface area contributed by atoms with Crippen LogP contribution in [-0.2, 0) is 0 Å². The average Bonchev–Trinajstić information content (AvgIpc) is 2.38. The Labute approximate surface area is 82.6 Å². The van der Waals surface area contributed by atoms with Gasteiger partial charge in [-0.3, -0.25) is 0 Å². The van der Waals surface area contributed by atoms with Gasteiger partial charge in [0.15, 0.2) is 11.5 Å². The maximum atomic E-state index is 9.83. The molecule has 1 atom stereocenters. The number of aliphatic hydroxyl groups is 1. The lowest BCUT2D eigenvalue weighted by atomic mass is 10.0. The Balaban J connectivity index is 2.58. The van der Waals surface area contributed by atoms with Crippen LogP contribution in [0.4, 0.5) is 0 Å². The van der Waals surface area contributed by atoms with E-state index in [0.717, 1.165) is 5.56 Å². The van der Waals surface area contributed by atoms with E-state index in [9.17, 15) is 5.11 Å². The Bertz CT molecular complexity index is 394. The van der Waals surface area contributed by atoms with Gasteiger partial charge in [-0.05, 0) is 6.07 Å². The molecule has 0 saturated heterocycles. The number of ether oxygens (including phenoxy) is 2. The highest BCUT2D eigenvalue weighted by Gasteiger charge is 2.38. The van der Waals surface area contributed by atoms with Crippen molar-refractivity contribution in [3.05, 3.63) is 30.3 Å². The number of benzene rings is 1. The molecule has 0 fully saturated rings. The summed E-state index contributed by atoms with van der Waals surface area (Å²) in [4.78, 5) is 0. The van der Waals surface area contributed by atoms with Crippen LogP contribution in [0, 0.1) is 0 Å². The summed E-state index contributed by atoms with van der Waals surface area (Å²) >= 11 is 0. The second-order valence-corrected chi connectivity index (χ2v) is 3.40. The minimum atomic E-state index is -1.32. The van der Waals surface area contributed by atoms with E-state index in [-0.39, 0.29) is 0 Å². The normalized spacial score (nSPS) is 24.4. The number of para-hydroxylation sites is 1. The molecule has 1 aliphatic rings. The molecule has 74 valence electrons. The Kier molecular flexibility index (Phi) is 1.79. The van der Waals surface area contributed by atoms with Crippen LogP contribution in [0.3, 0.4) is 0 Å². The highest BCUT2D eigenvalue weighted by molar-refractivity contribution is 5.79. The summed E-state index contributed by atoms with van der Waals surface area (Å²) in [5.41, 5.74) is 1.36. The highest BCUT2D eigenvalue weighted by atomic mass is 16.6. The first kappa shape index (κ1) is 9.09.